The molecule has 2 rings (SSSR count). The van der Waals surface area contributed by atoms with Crippen molar-refractivity contribution >= 4 is 5.97 Å². The molecule has 1 fully saturated rings. The Labute approximate surface area is 122 Å². The SMILES string of the molecule is C=C(OC[C@H]1O[C@@H](n2ccc(=O)[nH]c2=O)[C@H](O)[C@@H]1O)C(=O)O. The van der Waals surface area contributed by atoms with Crippen molar-refractivity contribution in [3.8, 4) is 0 Å². The van der Waals surface area contributed by atoms with Gasteiger partial charge in [-0.05, 0) is 6.58 Å². The largest absolute Gasteiger partial charge is 0.484 e. The molecule has 0 spiro atoms. The van der Waals surface area contributed by atoms with E-state index in [1.165, 1.54) is 0 Å². The highest BCUT2D eigenvalue weighted by atomic mass is 16.6. The summed E-state index contributed by atoms with van der Waals surface area (Å²) in [7, 11) is 0. The maximum Gasteiger partial charge on any atom is 0.370 e. The molecule has 1 aliphatic rings. The lowest BCUT2D eigenvalue weighted by atomic mass is 10.1. The third-order valence-corrected chi connectivity index (χ3v) is 3.12. The van der Waals surface area contributed by atoms with Gasteiger partial charge in [0.15, 0.2) is 12.0 Å². The van der Waals surface area contributed by atoms with E-state index in [4.69, 9.17) is 14.6 Å². The van der Waals surface area contributed by atoms with Crippen molar-refractivity contribution in [2.45, 2.75) is 24.5 Å². The molecule has 0 aromatic carbocycles. The van der Waals surface area contributed by atoms with Gasteiger partial charge >= 0.3 is 11.7 Å². The number of ether oxygens (including phenoxy) is 2. The Morgan fingerprint density at radius 3 is 2.68 bits per heavy atom. The van der Waals surface area contributed by atoms with Gasteiger partial charge in [0.1, 0.15) is 24.9 Å². The van der Waals surface area contributed by atoms with Crippen LogP contribution in [0.15, 0.2) is 34.2 Å². The molecule has 1 aromatic heterocycles. The molecule has 10 nitrogen and oxygen atoms in total. The zero-order chi connectivity index (χ0) is 16.4. The molecular formula is C12H14N2O8. The van der Waals surface area contributed by atoms with Gasteiger partial charge in [0.2, 0.25) is 0 Å². The predicted molar refractivity (Wildman–Crippen MR) is 70.0 cm³/mol. The summed E-state index contributed by atoms with van der Waals surface area (Å²) in [6.45, 7) is 2.77. The number of nitrogens with zero attached hydrogens (tertiary/aromatic N) is 1. The number of carbonyl (C=O) groups is 1. The molecule has 4 N–H and O–H groups in total. The number of hydrogen-bond donors (Lipinski definition) is 4. The highest BCUT2D eigenvalue weighted by Gasteiger charge is 2.44. The first-order valence-corrected chi connectivity index (χ1v) is 6.19. The van der Waals surface area contributed by atoms with Crippen molar-refractivity contribution in [3.05, 3.63) is 45.4 Å². The lowest BCUT2D eigenvalue weighted by Crippen LogP contribution is -2.37. The van der Waals surface area contributed by atoms with Crippen LogP contribution < -0.4 is 11.2 Å². The molecule has 0 saturated carbocycles. The van der Waals surface area contributed by atoms with Crippen LogP contribution >= 0.6 is 0 Å². The first kappa shape index (κ1) is 15.9. The van der Waals surface area contributed by atoms with Crippen LogP contribution in [0.5, 0.6) is 0 Å². The van der Waals surface area contributed by atoms with Crippen molar-refractivity contribution in [2.75, 3.05) is 6.61 Å². The summed E-state index contributed by atoms with van der Waals surface area (Å²) in [4.78, 5) is 35.2. The Balaban J connectivity index is 2.13. The van der Waals surface area contributed by atoms with E-state index in [2.05, 4.69) is 6.58 Å². The molecule has 0 bridgehead atoms. The average molecular weight is 314 g/mol. The molecule has 0 aliphatic carbocycles. The normalized spacial score (nSPS) is 27.5. The molecule has 4 atom stereocenters. The van der Waals surface area contributed by atoms with Crippen molar-refractivity contribution in [2.24, 2.45) is 0 Å². The van der Waals surface area contributed by atoms with E-state index in [1.807, 2.05) is 4.98 Å². The Kier molecular flexibility index (Phi) is 4.45. The zero-order valence-corrected chi connectivity index (χ0v) is 11.2. The minimum absolute atomic E-state index is 0.377. The average Bonchev–Trinajstić information content (AvgIpc) is 2.73. The second kappa shape index (κ2) is 6.13. The molecule has 22 heavy (non-hydrogen) atoms. The quantitative estimate of drug-likeness (QED) is 0.352. The molecule has 10 heteroatoms. The molecule has 1 saturated heterocycles. The number of aliphatic hydroxyl groups excluding tert-OH is 2. The first-order valence-electron chi connectivity index (χ1n) is 6.19. The molecule has 0 unspecified atom stereocenters. The summed E-state index contributed by atoms with van der Waals surface area (Å²) in [5.74, 6) is -1.92. The highest BCUT2D eigenvalue weighted by molar-refractivity contribution is 5.83. The van der Waals surface area contributed by atoms with Crippen LogP contribution in [0.25, 0.3) is 0 Å². The van der Waals surface area contributed by atoms with Gasteiger partial charge in [-0.3, -0.25) is 14.3 Å². The van der Waals surface area contributed by atoms with Gasteiger partial charge in [-0.15, -0.1) is 0 Å². The van der Waals surface area contributed by atoms with Crippen molar-refractivity contribution < 1.29 is 29.6 Å². The minimum Gasteiger partial charge on any atom is -0.484 e. The number of carboxylic acids is 1. The molecule has 120 valence electrons. The van der Waals surface area contributed by atoms with Gasteiger partial charge in [0.25, 0.3) is 5.56 Å². The van der Waals surface area contributed by atoms with E-state index in [0.29, 0.717) is 0 Å². The Morgan fingerprint density at radius 1 is 1.41 bits per heavy atom. The fourth-order valence-electron chi connectivity index (χ4n) is 1.97. The summed E-state index contributed by atoms with van der Waals surface area (Å²) in [5.41, 5.74) is -1.44. The minimum atomic E-state index is -1.46. The first-order chi connectivity index (χ1) is 10.3. The standard InChI is InChI=1S/C12H14N2O8/c1-5(11(18)19)21-4-6-8(16)9(17)10(22-6)14-3-2-7(15)13-12(14)20/h2-3,6,8-10,16-17H,1,4H2,(H,18,19)(H,13,15,20)/t6-,8-,9-,10-/m1/s1. The number of aromatic amines is 1. The lowest BCUT2D eigenvalue weighted by Gasteiger charge is -2.16. The van der Waals surface area contributed by atoms with Crippen LogP contribution in [0.1, 0.15) is 6.23 Å². The van der Waals surface area contributed by atoms with Crippen molar-refractivity contribution in [1.29, 1.82) is 0 Å². The summed E-state index contributed by atoms with van der Waals surface area (Å²) < 4.78 is 11.0. The van der Waals surface area contributed by atoms with Crippen LogP contribution in [0, 0.1) is 0 Å². The molecule has 1 aliphatic heterocycles. The zero-order valence-electron chi connectivity index (χ0n) is 11.2. The highest BCUT2D eigenvalue weighted by Crippen LogP contribution is 2.28. The van der Waals surface area contributed by atoms with E-state index in [9.17, 15) is 24.6 Å². The summed E-state index contributed by atoms with van der Waals surface area (Å²) in [5, 5.41) is 28.4. The van der Waals surface area contributed by atoms with E-state index in [-0.39, 0.29) is 6.61 Å². The van der Waals surface area contributed by atoms with Crippen molar-refractivity contribution in [1.82, 2.24) is 9.55 Å². The van der Waals surface area contributed by atoms with Crippen LogP contribution in [-0.2, 0) is 14.3 Å². The van der Waals surface area contributed by atoms with E-state index >= 15 is 0 Å². The number of aliphatic hydroxyl groups is 2. The second-order valence-electron chi connectivity index (χ2n) is 4.60. The van der Waals surface area contributed by atoms with Crippen LogP contribution in [0.3, 0.4) is 0 Å². The topological polar surface area (TPSA) is 151 Å². The number of nitrogens with one attached hydrogen (secondary N) is 1. The number of rotatable bonds is 5. The van der Waals surface area contributed by atoms with Gasteiger partial charge < -0.3 is 24.8 Å². The maximum atomic E-state index is 11.7. The number of aliphatic carboxylic acids is 1. The Bertz CT molecular complexity index is 693. The van der Waals surface area contributed by atoms with Gasteiger partial charge in [-0.25, -0.2) is 9.59 Å². The molecule has 0 radical (unpaired) electrons. The van der Waals surface area contributed by atoms with Crippen LogP contribution in [0.2, 0.25) is 0 Å². The third-order valence-electron chi connectivity index (χ3n) is 3.12. The van der Waals surface area contributed by atoms with E-state index in [1.54, 1.807) is 0 Å². The number of carboxylic acid groups (broad SMARTS) is 1. The maximum absolute atomic E-state index is 11.7. The van der Waals surface area contributed by atoms with Crippen LogP contribution in [0.4, 0.5) is 0 Å². The monoisotopic (exact) mass is 314 g/mol. The predicted octanol–water partition coefficient (Wildman–Crippen LogP) is -2.23. The molecule has 2 heterocycles. The van der Waals surface area contributed by atoms with Gasteiger partial charge in [0.05, 0.1) is 0 Å². The summed E-state index contributed by atoms with van der Waals surface area (Å²) in [6.07, 6.45) is -4.08. The van der Waals surface area contributed by atoms with Gasteiger partial charge in [0, 0.05) is 12.3 Å². The fraction of sp³-hybridized carbons (Fsp3) is 0.417. The van der Waals surface area contributed by atoms with Crippen LogP contribution in [-0.4, -0.2) is 55.8 Å². The van der Waals surface area contributed by atoms with Gasteiger partial charge in [-0.2, -0.15) is 0 Å². The van der Waals surface area contributed by atoms with Gasteiger partial charge in [-0.1, -0.05) is 0 Å². The Hall–Kier alpha value is -2.43. The molecule has 0 amide bonds. The number of H-pyrrole nitrogens is 1. The van der Waals surface area contributed by atoms with E-state index < -0.39 is 47.5 Å². The van der Waals surface area contributed by atoms with E-state index in [0.717, 1.165) is 16.8 Å². The number of hydrogen-bond acceptors (Lipinski definition) is 7. The summed E-state index contributed by atoms with van der Waals surface area (Å²) in [6, 6.07) is 1.06. The fourth-order valence-corrected chi connectivity index (χ4v) is 1.97. The van der Waals surface area contributed by atoms with Crippen molar-refractivity contribution in [3.63, 3.8) is 0 Å². The lowest BCUT2D eigenvalue weighted by molar-refractivity contribution is -0.138. The molecular weight excluding hydrogens is 300 g/mol. The summed E-state index contributed by atoms with van der Waals surface area (Å²) >= 11 is 0. The number of aromatic nitrogens is 2. The molecule has 1 aromatic rings. The smallest absolute Gasteiger partial charge is 0.370 e. The Morgan fingerprint density at radius 2 is 2.09 bits per heavy atom. The third kappa shape index (κ3) is 3.08. The second-order valence-corrected chi connectivity index (χ2v) is 4.60.